The lowest BCUT2D eigenvalue weighted by molar-refractivity contribution is -0.154. The van der Waals surface area contributed by atoms with Crippen molar-refractivity contribution in [3.8, 4) is 0 Å². The molecule has 0 saturated carbocycles. The van der Waals surface area contributed by atoms with Crippen LogP contribution in [0.25, 0.3) is 0 Å². The summed E-state index contributed by atoms with van der Waals surface area (Å²) in [6, 6.07) is 0.0110. The van der Waals surface area contributed by atoms with Crippen LogP contribution in [0.1, 0.15) is 41.5 Å². The lowest BCUT2D eigenvalue weighted by atomic mass is 9.84. The van der Waals surface area contributed by atoms with Crippen LogP contribution in [0.5, 0.6) is 0 Å². The summed E-state index contributed by atoms with van der Waals surface area (Å²) in [7, 11) is 0. The molecule has 0 aromatic heterocycles. The second-order valence-electron chi connectivity index (χ2n) is 6.48. The van der Waals surface area contributed by atoms with E-state index in [-0.39, 0.29) is 17.0 Å². The van der Waals surface area contributed by atoms with E-state index in [0.29, 0.717) is 6.54 Å². The van der Waals surface area contributed by atoms with E-state index in [0.717, 1.165) is 0 Å². The molecule has 1 saturated heterocycles. The number of nitrogens with zero attached hydrogens (tertiary/aromatic N) is 1. The molecule has 4 heteroatoms. The fourth-order valence-electron chi connectivity index (χ4n) is 1.72. The molecule has 0 spiro atoms. The number of carbonyl (C=O) groups excluding carboxylic acids is 2. The Hall–Kier alpha value is -1.06. The molecule has 1 rings (SSSR count). The number of amides is 2. The van der Waals surface area contributed by atoms with Crippen molar-refractivity contribution in [2.75, 3.05) is 6.54 Å². The third-order valence-corrected chi connectivity index (χ3v) is 2.97. The van der Waals surface area contributed by atoms with E-state index in [1.807, 2.05) is 20.8 Å². The van der Waals surface area contributed by atoms with E-state index in [4.69, 9.17) is 0 Å². The Bertz CT molecular complexity index is 310. The molecule has 92 valence electrons. The molecule has 1 unspecified atom stereocenters. The lowest BCUT2D eigenvalue weighted by Gasteiger charge is -2.45. The highest BCUT2D eigenvalue weighted by Gasteiger charge is 2.41. The zero-order valence-electron chi connectivity index (χ0n) is 11.0. The molecule has 0 aromatic carbocycles. The molecule has 1 N–H and O–H groups in total. The topological polar surface area (TPSA) is 49.4 Å². The smallest absolute Gasteiger partial charge is 0.312 e. The normalized spacial score (nSPS) is 23.4. The van der Waals surface area contributed by atoms with Gasteiger partial charge < -0.3 is 10.2 Å². The second kappa shape index (κ2) is 3.75. The van der Waals surface area contributed by atoms with Gasteiger partial charge in [0.15, 0.2) is 0 Å². The van der Waals surface area contributed by atoms with Gasteiger partial charge in [-0.3, -0.25) is 9.59 Å². The Kier molecular flexibility index (Phi) is 3.05. The van der Waals surface area contributed by atoms with Crippen molar-refractivity contribution >= 4 is 11.8 Å². The summed E-state index contributed by atoms with van der Waals surface area (Å²) >= 11 is 0. The van der Waals surface area contributed by atoms with Crippen LogP contribution in [-0.4, -0.2) is 34.8 Å². The van der Waals surface area contributed by atoms with Crippen molar-refractivity contribution in [3.63, 3.8) is 0 Å². The van der Waals surface area contributed by atoms with Gasteiger partial charge in [0, 0.05) is 12.1 Å². The maximum absolute atomic E-state index is 11.8. The molecule has 16 heavy (non-hydrogen) atoms. The molecule has 1 fully saturated rings. The first kappa shape index (κ1) is 13.0. The van der Waals surface area contributed by atoms with E-state index < -0.39 is 11.8 Å². The van der Waals surface area contributed by atoms with Crippen LogP contribution in [0.2, 0.25) is 0 Å². The highest BCUT2D eigenvalue weighted by molar-refractivity contribution is 6.35. The highest BCUT2D eigenvalue weighted by Crippen LogP contribution is 2.25. The van der Waals surface area contributed by atoms with Gasteiger partial charge in [0.2, 0.25) is 0 Å². The summed E-state index contributed by atoms with van der Waals surface area (Å²) in [5.41, 5.74) is -0.349. The summed E-state index contributed by atoms with van der Waals surface area (Å²) in [6.45, 7) is 12.6. The first-order chi connectivity index (χ1) is 7.03. The van der Waals surface area contributed by atoms with Gasteiger partial charge in [0.25, 0.3) is 0 Å². The van der Waals surface area contributed by atoms with E-state index in [2.05, 4.69) is 26.1 Å². The monoisotopic (exact) mass is 226 g/mol. The van der Waals surface area contributed by atoms with Gasteiger partial charge in [-0.1, -0.05) is 20.8 Å². The average Bonchev–Trinajstić information content (AvgIpc) is 2.05. The zero-order valence-corrected chi connectivity index (χ0v) is 11.0. The fourth-order valence-corrected chi connectivity index (χ4v) is 1.72. The van der Waals surface area contributed by atoms with E-state index >= 15 is 0 Å². The van der Waals surface area contributed by atoms with Gasteiger partial charge in [-0.25, -0.2) is 0 Å². The number of nitrogens with one attached hydrogen (secondary N) is 1. The standard InChI is InChI=1S/C12H22N2O2/c1-11(2,3)8-7-14(12(4,5)6)10(16)9(15)13-8/h8H,7H2,1-6H3,(H,13,15). The summed E-state index contributed by atoms with van der Waals surface area (Å²) in [6.07, 6.45) is 0. The highest BCUT2D eigenvalue weighted by atomic mass is 16.2. The quantitative estimate of drug-likeness (QED) is 0.630. The van der Waals surface area contributed by atoms with Gasteiger partial charge in [-0.05, 0) is 26.2 Å². The van der Waals surface area contributed by atoms with Gasteiger partial charge >= 0.3 is 11.8 Å². The molecular weight excluding hydrogens is 204 g/mol. The van der Waals surface area contributed by atoms with Crippen molar-refractivity contribution in [2.45, 2.75) is 53.1 Å². The van der Waals surface area contributed by atoms with Crippen molar-refractivity contribution in [3.05, 3.63) is 0 Å². The van der Waals surface area contributed by atoms with Gasteiger partial charge in [0.1, 0.15) is 0 Å². The van der Waals surface area contributed by atoms with Crippen molar-refractivity contribution in [2.24, 2.45) is 5.41 Å². The van der Waals surface area contributed by atoms with E-state index in [1.165, 1.54) is 0 Å². The molecule has 0 aliphatic carbocycles. The summed E-state index contributed by atoms with van der Waals surface area (Å²) in [4.78, 5) is 25.0. The van der Waals surface area contributed by atoms with Crippen LogP contribution >= 0.6 is 0 Å². The lowest BCUT2D eigenvalue weighted by Crippen LogP contribution is -2.65. The maximum atomic E-state index is 11.8. The van der Waals surface area contributed by atoms with Gasteiger partial charge in [-0.2, -0.15) is 0 Å². The Morgan fingerprint density at radius 2 is 1.62 bits per heavy atom. The Morgan fingerprint density at radius 3 is 2.00 bits per heavy atom. The number of carbonyl (C=O) groups is 2. The number of hydrogen-bond acceptors (Lipinski definition) is 2. The predicted octanol–water partition coefficient (Wildman–Crippen LogP) is 1.16. The minimum absolute atomic E-state index is 0.0110. The van der Waals surface area contributed by atoms with Crippen LogP contribution in [-0.2, 0) is 9.59 Å². The largest absolute Gasteiger partial charge is 0.343 e. The first-order valence-electron chi connectivity index (χ1n) is 5.66. The SMILES string of the molecule is CC(C)(C)C1CN(C(C)(C)C)C(=O)C(=O)N1. The molecule has 0 radical (unpaired) electrons. The second-order valence-corrected chi connectivity index (χ2v) is 6.48. The average molecular weight is 226 g/mol. The predicted molar refractivity (Wildman–Crippen MR) is 62.9 cm³/mol. The number of hydrogen-bond donors (Lipinski definition) is 1. The minimum atomic E-state index is -0.485. The molecule has 0 aromatic rings. The summed E-state index contributed by atoms with van der Waals surface area (Å²) in [5.74, 6) is -0.908. The van der Waals surface area contributed by atoms with E-state index in [9.17, 15) is 9.59 Å². The fraction of sp³-hybridized carbons (Fsp3) is 0.833. The summed E-state index contributed by atoms with van der Waals surface area (Å²) < 4.78 is 0. The third-order valence-electron chi connectivity index (χ3n) is 2.97. The molecular formula is C12H22N2O2. The molecule has 4 nitrogen and oxygen atoms in total. The Labute approximate surface area is 97.4 Å². The first-order valence-corrected chi connectivity index (χ1v) is 5.66. The van der Waals surface area contributed by atoms with Crippen molar-refractivity contribution in [1.82, 2.24) is 10.2 Å². The van der Waals surface area contributed by atoms with Crippen molar-refractivity contribution in [1.29, 1.82) is 0 Å². The van der Waals surface area contributed by atoms with Gasteiger partial charge in [0.05, 0.1) is 6.04 Å². The maximum Gasteiger partial charge on any atom is 0.312 e. The molecule has 1 atom stereocenters. The van der Waals surface area contributed by atoms with Crippen LogP contribution in [0.15, 0.2) is 0 Å². The Balaban J connectivity index is 2.95. The molecule has 0 bridgehead atoms. The Morgan fingerprint density at radius 1 is 1.12 bits per heavy atom. The van der Waals surface area contributed by atoms with Crippen LogP contribution < -0.4 is 5.32 Å². The molecule has 1 aliphatic heterocycles. The summed E-state index contributed by atoms with van der Waals surface area (Å²) in [5, 5.41) is 2.78. The minimum Gasteiger partial charge on any atom is -0.343 e. The van der Waals surface area contributed by atoms with E-state index in [1.54, 1.807) is 4.90 Å². The van der Waals surface area contributed by atoms with Crippen LogP contribution in [0.4, 0.5) is 0 Å². The molecule has 2 amide bonds. The number of rotatable bonds is 0. The molecule has 1 aliphatic rings. The van der Waals surface area contributed by atoms with Crippen molar-refractivity contribution < 1.29 is 9.59 Å². The van der Waals surface area contributed by atoms with Crippen LogP contribution in [0.3, 0.4) is 0 Å². The third kappa shape index (κ3) is 2.54. The molecule has 1 heterocycles. The van der Waals surface area contributed by atoms with Gasteiger partial charge in [-0.15, -0.1) is 0 Å². The number of piperazine rings is 1. The van der Waals surface area contributed by atoms with Crippen LogP contribution in [0, 0.1) is 5.41 Å². The zero-order chi connectivity index (χ0) is 12.7.